The number of alkyl halides is 3. The van der Waals surface area contributed by atoms with Gasteiger partial charge in [0, 0.05) is 31.6 Å². The Balaban J connectivity index is 1.30. The number of imidazole rings is 2. The second-order valence-electron chi connectivity index (χ2n) is 9.31. The summed E-state index contributed by atoms with van der Waals surface area (Å²) in [5.41, 5.74) is 1.58. The predicted octanol–water partition coefficient (Wildman–Crippen LogP) is 3.85. The molecule has 10 nitrogen and oxygen atoms in total. The first kappa shape index (κ1) is 24.8. The summed E-state index contributed by atoms with van der Waals surface area (Å²) >= 11 is 0. The highest BCUT2D eigenvalue weighted by atomic mass is 19.4. The number of nitrogens with zero attached hydrogens (tertiary/aromatic N) is 6. The van der Waals surface area contributed by atoms with E-state index in [2.05, 4.69) is 30.2 Å². The first-order valence-electron chi connectivity index (χ1n) is 12.2. The summed E-state index contributed by atoms with van der Waals surface area (Å²) < 4.78 is 47.4. The van der Waals surface area contributed by atoms with Gasteiger partial charge in [0.05, 0.1) is 31.0 Å². The topological polar surface area (TPSA) is 116 Å². The van der Waals surface area contributed by atoms with E-state index in [1.54, 1.807) is 42.7 Å². The highest BCUT2D eigenvalue weighted by Gasteiger charge is 2.34. The maximum Gasteiger partial charge on any atom is 0.434 e. The van der Waals surface area contributed by atoms with Gasteiger partial charge in [0.25, 0.3) is 0 Å². The van der Waals surface area contributed by atoms with Gasteiger partial charge in [-0.2, -0.15) is 13.2 Å². The van der Waals surface area contributed by atoms with E-state index in [4.69, 9.17) is 4.74 Å². The zero-order chi connectivity index (χ0) is 27.1. The number of nitrogens with one attached hydrogen (secondary N) is 2. The van der Waals surface area contributed by atoms with Crippen molar-refractivity contribution in [3.05, 3.63) is 76.7 Å². The monoisotopic (exact) mass is 536 g/mol. The van der Waals surface area contributed by atoms with Gasteiger partial charge in [0.2, 0.25) is 0 Å². The highest BCUT2D eigenvalue weighted by molar-refractivity contribution is 5.76. The number of ether oxygens (including phenoxy) is 1. The molecule has 6 rings (SSSR count). The van der Waals surface area contributed by atoms with Crippen molar-refractivity contribution in [3.63, 3.8) is 0 Å². The summed E-state index contributed by atoms with van der Waals surface area (Å²) in [4.78, 5) is 32.9. The third-order valence-electron chi connectivity index (χ3n) is 6.55. The standard InChI is InChI=1S/C26H23F3N8O2/c1-36-13-20(26(27,28)29)34-23(36)16-6-4-15(5-7-16)12-37-24-19(33-25(37)38)11-31-22(35-24)18-3-2-9-30-21(18)32-17-8-10-39-14-17/h2-7,9,11,13,17H,8,10,12,14H2,1H3,(H,30,32)(H,33,38). The zero-order valence-electron chi connectivity index (χ0n) is 20.7. The number of pyridine rings is 1. The van der Waals surface area contributed by atoms with E-state index >= 15 is 0 Å². The third kappa shape index (κ3) is 4.88. The van der Waals surface area contributed by atoms with E-state index in [1.165, 1.54) is 16.2 Å². The molecule has 1 aliphatic rings. The van der Waals surface area contributed by atoms with E-state index in [9.17, 15) is 18.0 Å². The van der Waals surface area contributed by atoms with Crippen molar-refractivity contribution in [2.75, 3.05) is 18.5 Å². The van der Waals surface area contributed by atoms with Gasteiger partial charge in [-0.25, -0.2) is 24.7 Å². The Labute approximate surface area is 219 Å². The van der Waals surface area contributed by atoms with Gasteiger partial charge in [-0.05, 0) is 24.1 Å². The molecule has 5 aromatic rings. The zero-order valence-corrected chi connectivity index (χ0v) is 20.7. The molecule has 1 saturated heterocycles. The lowest BCUT2D eigenvalue weighted by molar-refractivity contribution is -0.140. The van der Waals surface area contributed by atoms with Gasteiger partial charge in [0.1, 0.15) is 17.2 Å². The molecule has 0 aliphatic carbocycles. The van der Waals surface area contributed by atoms with Crippen molar-refractivity contribution < 1.29 is 17.9 Å². The summed E-state index contributed by atoms with van der Waals surface area (Å²) in [7, 11) is 1.51. The molecule has 0 saturated carbocycles. The fourth-order valence-electron chi connectivity index (χ4n) is 4.58. The minimum atomic E-state index is -4.52. The molecule has 5 heterocycles. The third-order valence-corrected chi connectivity index (χ3v) is 6.55. The average molecular weight is 537 g/mol. The number of benzene rings is 1. The number of aryl methyl sites for hydroxylation is 1. The molecule has 1 aromatic carbocycles. The smallest absolute Gasteiger partial charge is 0.379 e. The number of H-pyrrole nitrogens is 1. The largest absolute Gasteiger partial charge is 0.434 e. The number of fused-ring (bicyclic) bond motifs is 1. The fraction of sp³-hybridized carbons (Fsp3) is 0.269. The first-order chi connectivity index (χ1) is 18.8. The van der Waals surface area contributed by atoms with E-state index in [-0.39, 0.29) is 24.1 Å². The van der Waals surface area contributed by atoms with Crippen LogP contribution < -0.4 is 11.0 Å². The summed E-state index contributed by atoms with van der Waals surface area (Å²) in [5, 5.41) is 3.39. The molecule has 1 unspecified atom stereocenters. The normalized spacial score (nSPS) is 15.7. The second kappa shape index (κ2) is 9.66. The Kier molecular flexibility index (Phi) is 6.14. The Morgan fingerprint density at radius 1 is 1.15 bits per heavy atom. The van der Waals surface area contributed by atoms with Crippen LogP contribution in [0, 0.1) is 0 Å². The van der Waals surface area contributed by atoms with Crippen molar-refractivity contribution >= 4 is 17.0 Å². The van der Waals surface area contributed by atoms with Crippen LogP contribution in [0.5, 0.6) is 0 Å². The molecule has 0 radical (unpaired) electrons. The summed E-state index contributed by atoms with van der Waals surface area (Å²) in [6.07, 6.45) is 0.551. The molecule has 1 fully saturated rings. The number of hydrogen-bond acceptors (Lipinski definition) is 7. The van der Waals surface area contributed by atoms with Gasteiger partial charge >= 0.3 is 11.9 Å². The molecular formula is C26H23F3N8O2. The van der Waals surface area contributed by atoms with Crippen LogP contribution in [0.2, 0.25) is 0 Å². The molecule has 0 bridgehead atoms. The first-order valence-corrected chi connectivity index (χ1v) is 12.2. The number of rotatable bonds is 6. The van der Waals surface area contributed by atoms with Gasteiger partial charge < -0.3 is 19.6 Å². The van der Waals surface area contributed by atoms with Crippen LogP contribution in [0.25, 0.3) is 33.9 Å². The second-order valence-corrected chi connectivity index (χ2v) is 9.31. The summed E-state index contributed by atoms with van der Waals surface area (Å²) in [6.45, 7) is 1.48. The number of aromatic nitrogens is 7. The van der Waals surface area contributed by atoms with E-state index in [1.807, 2.05) is 6.07 Å². The minimum Gasteiger partial charge on any atom is -0.379 e. The Bertz CT molecular complexity index is 1700. The van der Waals surface area contributed by atoms with Crippen LogP contribution in [-0.2, 0) is 24.5 Å². The molecular weight excluding hydrogens is 513 g/mol. The Morgan fingerprint density at radius 3 is 2.69 bits per heavy atom. The molecule has 2 N–H and O–H groups in total. The summed E-state index contributed by atoms with van der Waals surface area (Å²) in [5.74, 6) is 1.24. The lowest BCUT2D eigenvalue weighted by Crippen LogP contribution is -2.20. The number of hydrogen-bond donors (Lipinski definition) is 2. The Hall–Kier alpha value is -4.52. The number of halogens is 3. The van der Waals surface area contributed by atoms with Crippen molar-refractivity contribution in [1.82, 2.24) is 34.1 Å². The van der Waals surface area contributed by atoms with Crippen LogP contribution in [-0.4, -0.2) is 53.3 Å². The molecule has 0 spiro atoms. The van der Waals surface area contributed by atoms with Crippen LogP contribution >= 0.6 is 0 Å². The lowest BCUT2D eigenvalue weighted by atomic mass is 10.1. The van der Waals surface area contributed by atoms with Crippen molar-refractivity contribution in [2.45, 2.75) is 25.2 Å². The van der Waals surface area contributed by atoms with E-state index < -0.39 is 11.9 Å². The maximum absolute atomic E-state index is 13.1. The average Bonchev–Trinajstić information content (AvgIpc) is 3.64. The molecule has 1 atom stereocenters. The molecule has 0 amide bonds. The fourth-order valence-corrected chi connectivity index (χ4v) is 4.58. The highest BCUT2D eigenvalue weighted by Crippen LogP contribution is 2.31. The van der Waals surface area contributed by atoms with E-state index in [0.717, 1.165) is 18.2 Å². The van der Waals surface area contributed by atoms with Gasteiger partial charge in [-0.1, -0.05) is 24.3 Å². The molecule has 39 heavy (non-hydrogen) atoms. The SMILES string of the molecule is Cn1cc(C(F)(F)F)nc1-c1ccc(Cn2c(=O)[nH]c3cnc(-c4cccnc4NC4CCOC4)nc32)cc1. The van der Waals surface area contributed by atoms with Crippen molar-refractivity contribution in [3.8, 4) is 22.8 Å². The van der Waals surface area contributed by atoms with Gasteiger partial charge in [-0.15, -0.1) is 0 Å². The molecule has 1 aliphatic heterocycles. The molecule has 4 aromatic heterocycles. The Morgan fingerprint density at radius 2 is 1.97 bits per heavy atom. The number of anilines is 1. The van der Waals surface area contributed by atoms with Crippen molar-refractivity contribution in [1.29, 1.82) is 0 Å². The maximum atomic E-state index is 13.1. The van der Waals surface area contributed by atoms with Crippen LogP contribution in [0.4, 0.5) is 19.0 Å². The molecule has 200 valence electrons. The van der Waals surface area contributed by atoms with Crippen LogP contribution in [0.1, 0.15) is 17.7 Å². The predicted molar refractivity (Wildman–Crippen MR) is 137 cm³/mol. The van der Waals surface area contributed by atoms with Gasteiger partial charge in [0.15, 0.2) is 17.2 Å². The van der Waals surface area contributed by atoms with Gasteiger partial charge in [-0.3, -0.25) is 4.57 Å². The lowest BCUT2D eigenvalue weighted by Gasteiger charge is -2.14. The van der Waals surface area contributed by atoms with Crippen LogP contribution in [0.15, 0.2) is 59.8 Å². The number of aromatic amines is 1. The van der Waals surface area contributed by atoms with Crippen molar-refractivity contribution in [2.24, 2.45) is 7.05 Å². The summed E-state index contributed by atoms with van der Waals surface area (Å²) in [6, 6.07) is 10.7. The van der Waals surface area contributed by atoms with E-state index in [0.29, 0.717) is 47.1 Å². The quantitative estimate of drug-likeness (QED) is 0.339. The minimum absolute atomic E-state index is 0.140. The van der Waals surface area contributed by atoms with Crippen LogP contribution in [0.3, 0.4) is 0 Å². The molecule has 13 heteroatoms.